The van der Waals surface area contributed by atoms with Crippen LogP contribution in [-0.2, 0) is 0 Å². The van der Waals surface area contributed by atoms with E-state index in [0.29, 0.717) is 27.9 Å². The summed E-state index contributed by atoms with van der Waals surface area (Å²) < 4.78 is 13.9. The lowest BCUT2D eigenvalue weighted by Gasteiger charge is -2.19. The molecule has 8 nitrogen and oxygen atoms in total. The first kappa shape index (κ1) is 25.5. The van der Waals surface area contributed by atoms with Crippen molar-refractivity contribution < 1.29 is 19.4 Å². The summed E-state index contributed by atoms with van der Waals surface area (Å²) in [5.41, 5.74) is 8.07. The van der Waals surface area contributed by atoms with Crippen molar-refractivity contribution in [2.24, 2.45) is 5.73 Å². The molecule has 0 unspecified atom stereocenters. The third-order valence-electron chi connectivity index (χ3n) is 6.42. The second kappa shape index (κ2) is 11.1. The lowest BCUT2D eigenvalue weighted by molar-refractivity contribution is 0.0759. The Kier molecular flexibility index (Phi) is 7.66. The van der Waals surface area contributed by atoms with Gasteiger partial charge in [-0.1, -0.05) is 29.8 Å². The van der Waals surface area contributed by atoms with Crippen molar-refractivity contribution in [3.8, 4) is 16.5 Å². The van der Waals surface area contributed by atoms with Gasteiger partial charge >= 0.3 is 0 Å². The molecular weight excluding hydrogens is 512 g/mol. The van der Waals surface area contributed by atoms with Gasteiger partial charge in [0.15, 0.2) is 0 Å². The molecule has 3 heterocycles. The van der Waals surface area contributed by atoms with Gasteiger partial charge in [0.2, 0.25) is 0 Å². The highest BCUT2D eigenvalue weighted by Gasteiger charge is 2.21. The molecule has 1 saturated heterocycles. The number of thiophene rings is 1. The van der Waals surface area contributed by atoms with Crippen LogP contribution in [-0.4, -0.2) is 57.8 Å². The Bertz CT molecular complexity index is 1400. The zero-order chi connectivity index (χ0) is 25.9. The topological polar surface area (TPSA) is 103 Å². The molecule has 1 aliphatic rings. The maximum atomic E-state index is 12.2. The predicted molar refractivity (Wildman–Crippen MR) is 145 cm³/mol. The second-order valence-corrected chi connectivity index (χ2v) is 10.6. The van der Waals surface area contributed by atoms with Crippen molar-refractivity contribution >= 4 is 39.9 Å². The van der Waals surface area contributed by atoms with E-state index < -0.39 is 12.0 Å². The fourth-order valence-electron chi connectivity index (χ4n) is 4.56. The zero-order valence-electron chi connectivity index (χ0n) is 20.5. The number of benzene rings is 2. The van der Waals surface area contributed by atoms with Crippen molar-refractivity contribution in [3.63, 3.8) is 0 Å². The number of halogens is 1. The first-order chi connectivity index (χ1) is 17.9. The van der Waals surface area contributed by atoms with Gasteiger partial charge in [0, 0.05) is 29.3 Å². The third-order valence-corrected chi connectivity index (χ3v) is 7.90. The molecule has 1 fully saturated rings. The summed E-state index contributed by atoms with van der Waals surface area (Å²) in [5, 5.41) is 11.7. The largest absolute Gasteiger partial charge is 0.491 e. The number of nitrogens with two attached hydrogens (primary N) is 1. The van der Waals surface area contributed by atoms with Crippen molar-refractivity contribution in [2.75, 3.05) is 26.2 Å². The van der Waals surface area contributed by atoms with E-state index in [1.165, 1.54) is 24.2 Å². The highest BCUT2D eigenvalue weighted by Crippen LogP contribution is 2.37. The van der Waals surface area contributed by atoms with Crippen LogP contribution in [0, 0.1) is 0 Å². The van der Waals surface area contributed by atoms with E-state index in [0.717, 1.165) is 34.7 Å². The minimum absolute atomic E-state index is 0.207. The van der Waals surface area contributed by atoms with Crippen LogP contribution in [0.5, 0.6) is 11.5 Å². The molecule has 194 valence electrons. The normalized spacial score (nSPS) is 15.6. The van der Waals surface area contributed by atoms with Crippen molar-refractivity contribution in [1.29, 1.82) is 0 Å². The number of likely N-dealkylation sites (tertiary alicyclic amines) is 1. The van der Waals surface area contributed by atoms with Gasteiger partial charge in [-0.2, -0.15) is 0 Å². The molecule has 1 amide bonds. The molecule has 10 heteroatoms. The molecule has 1 aliphatic heterocycles. The fraction of sp³-hybridized carbons (Fsp3) is 0.333. The van der Waals surface area contributed by atoms with Gasteiger partial charge in [-0.15, -0.1) is 11.3 Å². The highest BCUT2D eigenvalue weighted by atomic mass is 35.5. The number of ether oxygens (including phenoxy) is 2. The number of fused-ring (bicyclic) bond motifs is 1. The fourth-order valence-corrected chi connectivity index (χ4v) is 5.78. The van der Waals surface area contributed by atoms with Crippen LogP contribution in [0.2, 0.25) is 5.02 Å². The molecule has 2 aromatic carbocycles. The Hall–Kier alpha value is -3.11. The molecule has 2 atom stereocenters. The molecular formula is C27H29ClN4O4S. The van der Waals surface area contributed by atoms with Crippen LogP contribution in [0.4, 0.5) is 0 Å². The molecule has 0 radical (unpaired) electrons. The number of β-amino-alcohol motifs (C(OH)–C–C–N with tert-alkyl or cyclic N) is 1. The molecule has 0 aliphatic carbocycles. The minimum Gasteiger partial charge on any atom is -0.491 e. The van der Waals surface area contributed by atoms with Gasteiger partial charge in [-0.25, -0.2) is 4.98 Å². The number of aliphatic hydroxyl groups excluding tert-OH is 1. The van der Waals surface area contributed by atoms with E-state index >= 15 is 0 Å². The van der Waals surface area contributed by atoms with E-state index in [-0.39, 0.29) is 12.7 Å². The average Bonchev–Trinajstić information content (AvgIpc) is 3.62. The van der Waals surface area contributed by atoms with E-state index in [1.54, 1.807) is 18.5 Å². The molecule has 3 N–H and O–H groups in total. The number of hydrogen-bond donors (Lipinski definition) is 2. The van der Waals surface area contributed by atoms with E-state index in [1.807, 2.05) is 47.9 Å². The summed E-state index contributed by atoms with van der Waals surface area (Å²) in [6.45, 7) is 4.75. The van der Waals surface area contributed by atoms with E-state index in [2.05, 4.69) is 9.88 Å². The van der Waals surface area contributed by atoms with E-state index in [4.69, 9.17) is 26.8 Å². The number of aromatic nitrogens is 2. The summed E-state index contributed by atoms with van der Waals surface area (Å²) in [4.78, 5) is 19.3. The Morgan fingerprint density at radius 1 is 1.22 bits per heavy atom. The van der Waals surface area contributed by atoms with Crippen LogP contribution in [0.3, 0.4) is 0 Å². The highest BCUT2D eigenvalue weighted by molar-refractivity contribution is 7.16. The van der Waals surface area contributed by atoms with Crippen molar-refractivity contribution in [1.82, 2.24) is 14.5 Å². The van der Waals surface area contributed by atoms with Gasteiger partial charge in [0.25, 0.3) is 5.91 Å². The first-order valence-corrected chi connectivity index (χ1v) is 13.4. The number of imidazole rings is 1. The Morgan fingerprint density at radius 3 is 2.76 bits per heavy atom. The Labute approximate surface area is 224 Å². The van der Waals surface area contributed by atoms with Crippen molar-refractivity contribution in [2.45, 2.75) is 32.0 Å². The molecule has 2 aromatic heterocycles. The number of amides is 1. The molecule has 5 rings (SSSR count). The minimum atomic E-state index is -0.571. The quantitative estimate of drug-likeness (QED) is 0.299. The lowest BCUT2D eigenvalue weighted by Crippen LogP contribution is -2.33. The smallest absolute Gasteiger partial charge is 0.262 e. The zero-order valence-corrected chi connectivity index (χ0v) is 22.0. The maximum Gasteiger partial charge on any atom is 0.262 e. The number of hydrogen-bond acceptors (Lipinski definition) is 7. The summed E-state index contributed by atoms with van der Waals surface area (Å²) in [7, 11) is 0. The van der Waals surface area contributed by atoms with E-state index in [9.17, 15) is 9.90 Å². The van der Waals surface area contributed by atoms with Crippen LogP contribution < -0.4 is 15.2 Å². The van der Waals surface area contributed by atoms with Crippen LogP contribution in [0.15, 0.2) is 54.9 Å². The number of carbonyl (C=O) groups excluding carboxylic acids is 1. The summed E-state index contributed by atoms with van der Waals surface area (Å²) in [6, 6.07) is 14.8. The predicted octanol–water partition coefficient (Wildman–Crippen LogP) is 4.81. The van der Waals surface area contributed by atoms with Crippen LogP contribution in [0.25, 0.3) is 16.0 Å². The molecule has 0 bridgehead atoms. The Morgan fingerprint density at radius 2 is 2.00 bits per heavy atom. The maximum absolute atomic E-state index is 12.2. The van der Waals surface area contributed by atoms with Crippen LogP contribution in [0.1, 0.15) is 41.1 Å². The van der Waals surface area contributed by atoms with Gasteiger partial charge in [-0.05, 0) is 51.1 Å². The number of rotatable bonds is 10. The number of nitrogens with zero attached hydrogens (tertiary/aromatic N) is 3. The van der Waals surface area contributed by atoms with Crippen LogP contribution >= 0.6 is 22.9 Å². The first-order valence-electron chi connectivity index (χ1n) is 12.2. The van der Waals surface area contributed by atoms with Gasteiger partial charge in [-0.3, -0.25) is 9.36 Å². The van der Waals surface area contributed by atoms with Gasteiger partial charge < -0.3 is 25.2 Å². The molecule has 4 aromatic rings. The van der Waals surface area contributed by atoms with Crippen molar-refractivity contribution in [3.05, 3.63) is 70.3 Å². The summed E-state index contributed by atoms with van der Waals surface area (Å²) in [5.74, 6) is 0.447. The second-order valence-electron chi connectivity index (χ2n) is 9.16. The Balaban J connectivity index is 1.36. The number of aliphatic hydroxyl groups is 1. The standard InChI is InChI=1S/C27H29ClN4O4S/c1-17(20-6-2-3-7-21(20)28)36-24-13-25(37-26(24)27(29)34)32-16-30-22-9-8-19(12-23(22)32)35-15-18(33)14-31-10-4-5-11-31/h2-3,6-9,12-13,16-18,33H,4-5,10-11,14-15H2,1H3,(H2,29,34)/t17-,18-/m0/s1. The SMILES string of the molecule is C[C@H](Oc1cc(-n2cnc3ccc(OC[C@@H](O)CN4CCCC4)cc32)sc1C(N)=O)c1ccccc1Cl. The molecule has 0 saturated carbocycles. The summed E-state index contributed by atoms with van der Waals surface area (Å²) in [6.07, 6.45) is 3.10. The third kappa shape index (κ3) is 5.75. The molecule has 0 spiro atoms. The van der Waals surface area contributed by atoms with Gasteiger partial charge in [0.05, 0.1) is 11.0 Å². The number of primary amides is 1. The molecule has 37 heavy (non-hydrogen) atoms. The number of carbonyl (C=O) groups is 1. The monoisotopic (exact) mass is 540 g/mol. The van der Waals surface area contributed by atoms with Gasteiger partial charge in [0.1, 0.15) is 46.5 Å². The summed E-state index contributed by atoms with van der Waals surface area (Å²) >= 11 is 7.56. The average molecular weight is 541 g/mol. The lowest BCUT2D eigenvalue weighted by atomic mass is 10.1.